The minimum absolute atomic E-state index is 0.179. The summed E-state index contributed by atoms with van der Waals surface area (Å²) in [5.41, 5.74) is 2.68. The molecule has 26 heavy (non-hydrogen) atoms. The molecule has 0 aromatic heterocycles. The van der Waals surface area contributed by atoms with Crippen LogP contribution in [0.3, 0.4) is 0 Å². The van der Waals surface area contributed by atoms with Crippen LogP contribution >= 0.6 is 0 Å². The number of aryl methyl sites for hydroxylation is 1. The Bertz CT molecular complexity index is 851. The molecule has 1 aliphatic carbocycles. The van der Waals surface area contributed by atoms with Gasteiger partial charge in [-0.2, -0.15) is 0 Å². The number of carbonyl (C=O) groups is 3. The smallest absolute Gasteiger partial charge is 0.306 e. The number of ketones is 2. The highest BCUT2D eigenvalue weighted by Gasteiger charge is 2.41. The van der Waals surface area contributed by atoms with E-state index in [2.05, 4.69) is 0 Å². The Hall–Kier alpha value is -2.95. The zero-order valence-electron chi connectivity index (χ0n) is 14.8. The first kappa shape index (κ1) is 17.9. The Morgan fingerprint density at radius 2 is 1.69 bits per heavy atom. The summed E-state index contributed by atoms with van der Waals surface area (Å²) in [4.78, 5) is 36.4. The lowest BCUT2D eigenvalue weighted by Gasteiger charge is -2.08. The number of benzene rings is 2. The highest BCUT2D eigenvalue weighted by atomic mass is 16.6. The second-order valence-corrected chi connectivity index (χ2v) is 6.33. The van der Waals surface area contributed by atoms with E-state index in [9.17, 15) is 14.4 Å². The average molecular weight is 352 g/mol. The molecule has 0 radical (unpaired) electrons. The molecule has 0 amide bonds. The zero-order valence-corrected chi connectivity index (χ0v) is 14.8. The Morgan fingerprint density at radius 3 is 2.38 bits per heavy atom. The second-order valence-electron chi connectivity index (χ2n) is 6.33. The van der Waals surface area contributed by atoms with Crippen molar-refractivity contribution < 1.29 is 23.9 Å². The van der Waals surface area contributed by atoms with Gasteiger partial charge in [0.2, 0.25) is 17.7 Å². The highest BCUT2D eigenvalue weighted by Crippen LogP contribution is 2.28. The van der Waals surface area contributed by atoms with Crippen LogP contribution in [0.25, 0.3) is 0 Å². The minimum atomic E-state index is -1.36. The quantitative estimate of drug-likeness (QED) is 0.586. The maximum atomic E-state index is 12.5. The van der Waals surface area contributed by atoms with E-state index in [0.717, 1.165) is 5.56 Å². The number of fused-ring (bicyclic) bond motifs is 1. The van der Waals surface area contributed by atoms with Crippen LogP contribution in [-0.4, -0.2) is 23.6 Å². The fourth-order valence-corrected chi connectivity index (χ4v) is 2.79. The molecule has 3 rings (SSSR count). The van der Waals surface area contributed by atoms with Gasteiger partial charge in [0.25, 0.3) is 0 Å². The molecule has 2 aromatic rings. The van der Waals surface area contributed by atoms with E-state index >= 15 is 0 Å². The van der Waals surface area contributed by atoms with E-state index in [1.807, 2.05) is 38.1 Å². The predicted molar refractivity (Wildman–Crippen MR) is 95.4 cm³/mol. The fourth-order valence-electron chi connectivity index (χ4n) is 2.79. The molecule has 5 heteroatoms. The third-order valence-electron chi connectivity index (χ3n) is 4.23. The van der Waals surface area contributed by atoms with Crippen molar-refractivity contribution in [3.8, 4) is 5.75 Å². The molecule has 0 heterocycles. The van der Waals surface area contributed by atoms with E-state index in [1.165, 1.54) is 11.6 Å². The number of ether oxygens (including phenoxy) is 2. The first-order valence-electron chi connectivity index (χ1n) is 8.60. The lowest BCUT2D eigenvalue weighted by atomic mass is 10.1. The topological polar surface area (TPSA) is 69.7 Å². The van der Waals surface area contributed by atoms with Gasteiger partial charge in [0.15, 0.2) is 0 Å². The monoisotopic (exact) mass is 352 g/mol. The lowest BCUT2D eigenvalue weighted by molar-refractivity contribution is -0.145. The molecule has 5 nitrogen and oxygen atoms in total. The Kier molecular flexibility index (Phi) is 5.16. The van der Waals surface area contributed by atoms with Crippen LogP contribution in [-0.2, 0) is 16.1 Å². The predicted octanol–water partition coefficient (Wildman–Crippen LogP) is 3.66. The Labute approximate surface area is 151 Å². The number of carbonyl (C=O) groups excluding carboxylic acids is 3. The number of hydrogen-bond acceptors (Lipinski definition) is 5. The van der Waals surface area contributed by atoms with E-state index in [1.54, 1.807) is 12.1 Å². The summed E-state index contributed by atoms with van der Waals surface area (Å²) in [6.07, 6.45) is -0.590. The molecular weight excluding hydrogens is 332 g/mol. The molecule has 1 aliphatic rings. The summed E-state index contributed by atoms with van der Waals surface area (Å²) < 4.78 is 10.8. The largest absolute Gasteiger partial charge is 0.489 e. The normalized spacial score (nSPS) is 15.7. The van der Waals surface area contributed by atoms with E-state index in [0.29, 0.717) is 18.8 Å². The van der Waals surface area contributed by atoms with Gasteiger partial charge in [-0.05, 0) is 37.1 Å². The second kappa shape index (κ2) is 7.52. The van der Waals surface area contributed by atoms with Crippen LogP contribution < -0.4 is 4.74 Å². The summed E-state index contributed by atoms with van der Waals surface area (Å²) in [5.74, 6) is -1.01. The number of Topliss-reactive ketones (excluding diaryl/α,β-unsaturated/α-hetero) is 2. The molecule has 0 aliphatic heterocycles. The van der Waals surface area contributed by atoms with Gasteiger partial charge in [0.1, 0.15) is 12.4 Å². The summed E-state index contributed by atoms with van der Waals surface area (Å²) in [7, 11) is 0. The van der Waals surface area contributed by atoms with Crippen molar-refractivity contribution in [2.24, 2.45) is 0 Å². The van der Waals surface area contributed by atoms with Crippen LogP contribution in [0.4, 0.5) is 0 Å². The van der Waals surface area contributed by atoms with Gasteiger partial charge in [-0.25, -0.2) is 0 Å². The maximum absolute atomic E-state index is 12.5. The van der Waals surface area contributed by atoms with Crippen LogP contribution in [0, 0.1) is 6.92 Å². The average Bonchev–Trinajstić information content (AvgIpc) is 2.86. The van der Waals surface area contributed by atoms with E-state index in [4.69, 9.17) is 9.47 Å². The standard InChI is InChI=1S/C21H20O5/c1-3-4-18(22)26-21-19(23)16-10-9-15(11-17(16)20(21)24)25-12-14-7-5-13(2)6-8-14/h5-11,21H,3-4,12H2,1-2H3. The molecule has 134 valence electrons. The van der Waals surface area contributed by atoms with Gasteiger partial charge in [-0.1, -0.05) is 36.8 Å². The van der Waals surface area contributed by atoms with Crippen LogP contribution in [0.15, 0.2) is 42.5 Å². The minimum Gasteiger partial charge on any atom is -0.489 e. The van der Waals surface area contributed by atoms with Crippen molar-refractivity contribution in [2.75, 3.05) is 0 Å². The highest BCUT2D eigenvalue weighted by molar-refractivity contribution is 6.29. The Balaban J connectivity index is 1.72. The lowest BCUT2D eigenvalue weighted by Crippen LogP contribution is -2.28. The molecule has 2 aromatic carbocycles. The fraction of sp³-hybridized carbons (Fsp3) is 0.286. The molecule has 0 saturated carbocycles. The number of rotatable bonds is 6. The van der Waals surface area contributed by atoms with E-state index < -0.39 is 23.6 Å². The van der Waals surface area contributed by atoms with Crippen molar-refractivity contribution in [3.05, 3.63) is 64.7 Å². The SMILES string of the molecule is CCCC(=O)OC1C(=O)c2ccc(OCc3ccc(C)cc3)cc2C1=O. The van der Waals surface area contributed by atoms with Gasteiger partial charge in [0.05, 0.1) is 0 Å². The van der Waals surface area contributed by atoms with Crippen molar-refractivity contribution in [3.63, 3.8) is 0 Å². The van der Waals surface area contributed by atoms with Gasteiger partial charge >= 0.3 is 5.97 Å². The molecular formula is C21H20O5. The van der Waals surface area contributed by atoms with Crippen molar-refractivity contribution in [1.82, 2.24) is 0 Å². The van der Waals surface area contributed by atoms with Gasteiger partial charge < -0.3 is 9.47 Å². The third kappa shape index (κ3) is 3.67. The molecule has 1 atom stereocenters. The van der Waals surface area contributed by atoms with Gasteiger partial charge in [0, 0.05) is 17.5 Å². The molecule has 0 bridgehead atoms. The zero-order chi connectivity index (χ0) is 18.7. The van der Waals surface area contributed by atoms with Crippen molar-refractivity contribution >= 4 is 17.5 Å². The summed E-state index contributed by atoms with van der Waals surface area (Å²) in [5, 5.41) is 0. The third-order valence-corrected chi connectivity index (χ3v) is 4.23. The molecule has 0 N–H and O–H groups in total. The molecule has 0 spiro atoms. The van der Waals surface area contributed by atoms with E-state index in [-0.39, 0.29) is 17.5 Å². The van der Waals surface area contributed by atoms with Crippen molar-refractivity contribution in [1.29, 1.82) is 0 Å². The number of esters is 1. The molecule has 1 unspecified atom stereocenters. The summed E-state index contributed by atoms with van der Waals surface area (Å²) in [6.45, 7) is 4.19. The van der Waals surface area contributed by atoms with Crippen LogP contribution in [0.5, 0.6) is 5.75 Å². The van der Waals surface area contributed by atoms with Gasteiger partial charge in [-0.3, -0.25) is 14.4 Å². The Morgan fingerprint density at radius 1 is 1.00 bits per heavy atom. The molecule has 0 saturated heterocycles. The molecule has 0 fully saturated rings. The first-order chi connectivity index (χ1) is 12.5. The summed E-state index contributed by atoms with van der Waals surface area (Å²) in [6, 6.07) is 12.7. The van der Waals surface area contributed by atoms with Crippen molar-refractivity contribution in [2.45, 2.75) is 39.4 Å². The number of hydrogen-bond donors (Lipinski definition) is 0. The van der Waals surface area contributed by atoms with Crippen LogP contribution in [0.1, 0.15) is 51.6 Å². The first-order valence-corrected chi connectivity index (χ1v) is 8.60. The van der Waals surface area contributed by atoms with Crippen LogP contribution in [0.2, 0.25) is 0 Å². The summed E-state index contributed by atoms with van der Waals surface area (Å²) >= 11 is 0. The van der Waals surface area contributed by atoms with Gasteiger partial charge in [-0.15, -0.1) is 0 Å². The maximum Gasteiger partial charge on any atom is 0.306 e.